The Kier molecular flexibility index (Phi) is 4.48. The lowest BCUT2D eigenvalue weighted by atomic mass is 10.0. The molecule has 2 nitrogen and oxygen atoms in total. The Bertz CT molecular complexity index is 562. The van der Waals surface area contributed by atoms with Crippen LogP contribution in [0.5, 0.6) is 0 Å². The molecule has 0 saturated carbocycles. The van der Waals surface area contributed by atoms with Crippen LogP contribution in [-0.2, 0) is 6.42 Å². The highest BCUT2D eigenvalue weighted by Gasteiger charge is 2.15. The second-order valence-electron chi connectivity index (χ2n) is 3.83. The monoisotopic (exact) mass is 373 g/mol. The summed E-state index contributed by atoms with van der Waals surface area (Å²) in [5, 5.41) is 10.1. The fraction of sp³-hybridized carbons (Fsp3) is 0.154. The number of rotatable bonds is 3. The first kappa shape index (κ1) is 13.6. The third-order valence-corrected chi connectivity index (χ3v) is 3.59. The zero-order valence-corrected chi connectivity index (χ0v) is 12.4. The van der Waals surface area contributed by atoms with Crippen LogP contribution >= 0.6 is 31.9 Å². The molecular weight excluding hydrogens is 365 g/mol. The van der Waals surface area contributed by atoms with Crippen molar-refractivity contribution in [3.8, 4) is 0 Å². The minimum Gasteiger partial charge on any atom is -0.386 e. The van der Waals surface area contributed by atoms with Gasteiger partial charge >= 0.3 is 0 Å². The Morgan fingerprint density at radius 2 is 2.00 bits per heavy atom. The predicted octanol–water partition coefficient (Wildman–Crippen LogP) is 4.02. The van der Waals surface area contributed by atoms with Crippen molar-refractivity contribution in [2.24, 2.45) is 0 Å². The van der Waals surface area contributed by atoms with E-state index in [-0.39, 0.29) is 12.2 Å². The van der Waals surface area contributed by atoms with Crippen LogP contribution in [0.15, 0.2) is 45.5 Å². The molecule has 94 valence electrons. The molecule has 2 aromatic rings. The van der Waals surface area contributed by atoms with Gasteiger partial charge < -0.3 is 5.11 Å². The van der Waals surface area contributed by atoms with Crippen LogP contribution in [0, 0.1) is 5.82 Å². The molecule has 0 fully saturated rings. The van der Waals surface area contributed by atoms with E-state index in [1.165, 1.54) is 6.07 Å². The van der Waals surface area contributed by atoms with Gasteiger partial charge in [-0.25, -0.2) is 4.39 Å². The van der Waals surface area contributed by atoms with E-state index in [0.717, 1.165) is 4.47 Å². The molecule has 1 aromatic heterocycles. The van der Waals surface area contributed by atoms with E-state index in [0.29, 0.717) is 15.7 Å². The van der Waals surface area contributed by atoms with Crippen molar-refractivity contribution in [1.29, 1.82) is 0 Å². The molecule has 18 heavy (non-hydrogen) atoms. The van der Waals surface area contributed by atoms with Gasteiger partial charge in [0, 0.05) is 21.6 Å². The van der Waals surface area contributed by atoms with Crippen LogP contribution in [0.3, 0.4) is 0 Å². The summed E-state index contributed by atoms with van der Waals surface area (Å²) < 4.78 is 15.0. The van der Waals surface area contributed by atoms with E-state index in [1.54, 1.807) is 30.5 Å². The molecule has 0 amide bonds. The maximum atomic E-state index is 13.5. The highest BCUT2D eigenvalue weighted by atomic mass is 79.9. The van der Waals surface area contributed by atoms with E-state index in [9.17, 15) is 9.50 Å². The van der Waals surface area contributed by atoms with Crippen molar-refractivity contribution < 1.29 is 9.50 Å². The molecule has 0 aliphatic carbocycles. The van der Waals surface area contributed by atoms with Crippen LogP contribution in [0.2, 0.25) is 0 Å². The third-order valence-electron chi connectivity index (χ3n) is 2.52. The summed E-state index contributed by atoms with van der Waals surface area (Å²) in [5.41, 5.74) is 0.975. The van der Waals surface area contributed by atoms with E-state index in [4.69, 9.17) is 0 Å². The highest BCUT2D eigenvalue weighted by Crippen LogP contribution is 2.27. The number of benzene rings is 1. The fourth-order valence-electron chi connectivity index (χ4n) is 1.64. The van der Waals surface area contributed by atoms with Crippen LogP contribution in [-0.4, -0.2) is 10.1 Å². The molecule has 1 atom stereocenters. The molecule has 1 unspecified atom stereocenters. The van der Waals surface area contributed by atoms with E-state index < -0.39 is 6.10 Å². The molecule has 0 saturated heterocycles. The summed E-state index contributed by atoms with van der Waals surface area (Å²) in [4.78, 5) is 4.14. The van der Waals surface area contributed by atoms with Crippen LogP contribution in [0.1, 0.15) is 17.4 Å². The Labute approximate surface area is 121 Å². The average Bonchev–Trinajstić information content (AvgIpc) is 2.32. The van der Waals surface area contributed by atoms with E-state index >= 15 is 0 Å². The zero-order chi connectivity index (χ0) is 13.1. The summed E-state index contributed by atoms with van der Waals surface area (Å²) >= 11 is 6.62. The molecule has 1 heterocycles. The lowest BCUT2D eigenvalue weighted by Crippen LogP contribution is -2.06. The summed E-state index contributed by atoms with van der Waals surface area (Å²) in [6.07, 6.45) is 0.953. The van der Waals surface area contributed by atoms with Crippen molar-refractivity contribution >= 4 is 31.9 Å². The molecule has 0 spiro atoms. The Morgan fingerprint density at radius 3 is 2.67 bits per heavy atom. The zero-order valence-electron chi connectivity index (χ0n) is 9.28. The van der Waals surface area contributed by atoms with Crippen LogP contribution in [0.4, 0.5) is 4.39 Å². The lowest BCUT2D eigenvalue weighted by molar-refractivity contribution is 0.171. The van der Waals surface area contributed by atoms with Gasteiger partial charge in [0.1, 0.15) is 11.9 Å². The Hall–Kier alpha value is -0.780. The van der Waals surface area contributed by atoms with Crippen LogP contribution < -0.4 is 0 Å². The van der Waals surface area contributed by atoms with Gasteiger partial charge in [0.2, 0.25) is 0 Å². The standard InChI is InChI=1S/C13H10Br2FNO/c14-9-6-10(15)13(17-7-9)12(18)5-8-3-1-2-4-11(8)16/h1-4,6-7,12,18H,5H2. The molecular formula is C13H10Br2FNO. The second-order valence-corrected chi connectivity index (χ2v) is 5.60. The van der Waals surface area contributed by atoms with Gasteiger partial charge in [0.15, 0.2) is 0 Å². The first-order valence-electron chi connectivity index (χ1n) is 5.30. The van der Waals surface area contributed by atoms with Gasteiger partial charge in [-0.3, -0.25) is 4.98 Å². The molecule has 1 N–H and O–H groups in total. The van der Waals surface area contributed by atoms with Crippen molar-refractivity contribution in [2.45, 2.75) is 12.5 Å². The normalized spacial score (nSPS) is 12.4. The first-order valence-corrected chi connectivity index (χ1v) is 6.89. The predicted molar refractivity (Wildman–Crippen MR) is 74.7 cm³/mol. The smallest absolute Gasteiger partial charge is 0.126 e. The minimum atomic E-state index is -0.843. The maximum absolute atomic E-state index is 13.5. The van der Waals surface area contributed by atoms with Gasteiger partial charge in [0.25, 0.3) is 0 Å². The number of aromatic nitrogens is 1. The molecule has 5 heteroatoms. The Morgan fingerprint density at radius 1 is 1.28 bits per heavy atom. The number of halogens is 3. The first-order chi connectivity index (χ1) is 8.58. The topological polar surface area (TPSA) is 33.1 Å². The third kappa shape index (κ3) is 3.16. The van der Waals surface area contributed by atoms with Gasteiger partial charge in [-0.2, -0.15) is 0 Å². The number of aliphatic hydroxyl groups excluding tert-OH is 1. The number of hydrogen-bond acceptors (Lipinski definition) is 2. The molecule has 0 bridgehead atoms. The van der Waals surface area contributed by atoms with Gasteiger partial charge in [0.05, 0.1) is 5.69 Å². The van der Waals surface area contributed by atoms with E-state index in [1.807, 2.05) is 0 Å². The van der Waals surface area contributed by atoms with Gasteiger partial charge in [-0.15, -0.1) is 0 Å². The van der Waals surface area contributed by atoms with Crippen molar-refractivity contribution in [3.05, 3.63) is 62.5 Å². The number of pyridine rings is 1. The van der Waals surface area contributed by atoms with E-state index in [2.05, 4.69) is 36.8 Å². The SMILES string of the molecule is OC(Cc1ccccc1F)c1ncc(Br)cc1Br. The van der Waals surface area contributed by atoms with Gasteiger partial charge in [-0.1, -0.05) is 18.2 Å². The van der Waals surface area contributed by atoms with Crippen LogP contribution in [0.25, 0.3) is 0 Å². The summed E-state index contributed by atoms with van der Waals surface area (Å²) in [6, 6.07) is 8.21. The quantitative estimate of drug-likeness (QED) is 0.880. The lowest BCUT2D eigenvalue weighted by Gasteiger charge is -2.12. The number of nitrogens with zero attached hydrogens (tertiary/aromatic N) is 1. The molecule has 0 aliphatic rings. The van der Waals surface area contributed by atoms with Crippen molar-refractivity contribution in [2.75, 3.05) is 0 Å². The average molecular weight is 375 g/mol. The summed E-state index contributed by atoms with van der Waals surface area (Å²) in [5.74, 6) is -0.315. The number of aliphatic hydroxyl groups is 1. The molecule has 0 aliphatic heterocycles. The van der Waals surface area contributed by atoms with Gasteiger partial charge in [-0.05, 0) is 49.6 Å². The summed E-state index contributed by atoms with van der Waals surface area (Å²) in [7, 11) is 0. The maximum Gasteiger partial charge on any atom is 0.126 e. The molecule has 0 radical (unpaired) electrons. The highest BCUT2D eigenvalue weighted by molar-refractivity contribution is 9.11. The van der Waals surface area contributed by atoms with Crippen molar-refractivity contribution in [3.63, 3.8) is 0 Å². The Balaban J connectivity index is 2.22. The summed E-state index contributed by atoms with van der Waals surface area (Å²) in [6.45, 7) is 0. The second kappa shape index (κ2) is 5.91. The van der Waals surface area contributed by atoms with Crippen molar-refractivity contribution in [1.82, 2.24) is 4.98 Å². The molecule has 2 rings (SSSR count). The molecule has 1 aromatic carbocycles. The minimum absolute atomic E-state index is 0.194. The fourth-order valence-corrected chi connectivity index (χ4v) is 2.89. The number of hydrogen-bond donors (Lipinski definition) is 1. The largest absolute Gasteiger partial charge is 0.386 e.